The largest absolute Gasteiger partial charge is 0.493 e. The molecule has 2 atom stereocenters. The molecule has 35 heavy (non-hydrogen) atoms. The van der Waals surface area contributed by atoms with Crippen molar-refractivity contribution in [1.82, 2.24) is 20.5 Å². The Kier molecular flexibility index (Phi) is 6.38. The van der Waals surface area contributed by atoms with Crippen LogP contribution in [0.2, 0.25) is 0 Å². The van der Waals surface area contributed by atoms with E-state index in [4.69, 9.17) is 13.9 Å². The van der Waals surface area contributed by atoms with E-state index in [1.165, 1.54) is 14.2 Å². The van der Waals surface area contributed by atoms with E-state index in [9.17, 15) is 13.2 Å². The van der Waals surface area contributed by atoms with Gasteiger partial charge in [0.05, 0.1) is 19.9 Å². The highest BCUT2D eigenvalue weighted by Crippen LogP contribution is 2.42. The lowest BCUT2D eigenvalue weighted by atomic mass is 10.00. The van der Waals surface area contributed by atoms with Crippen molar-refractivity contribution in [1.29, 1.82) is 0 Å². The van der Waals surface area contributed by atoms with Gasteiger partial charge in [-0.05, 0) is 55.8 Å². The molecule has 2 aromatic carbocycles. The number of aromatic nitrogens is 3. The lowest BCUT2D eigenvalue weighted by molar-refractivity contribution is 0.0506. The number of fused-ring (bicyclic) bond motifs is 1. The summed E-state index contributed by atoms with van der Waals surface area (Å²) < 4.78 is 58.8. The van der Waals surface area contributed by atoms with Crippen LogP contribution in [0.4, 0.5) is 13.2 Å². The number of H-pyrrole nitrogens is 1. The molecule has 0 aliphatic carbocycles. The van der Waals surface area contributed by atoms with Crippen LogP contribution in [0.1, 0.15) is 36.4 Å². The first-order valence-corrected chi connectivity index (χ1v) is 11.3. The molecule has 0 saturated carbocycles. The zero-order valence-electron chi connectivity index (χ0n) is 19.3. The van der Waals surface area contributed by atoms with Crippen molar-refractivity contribution in [3.8, 4) is 34.2 Å². The average molecular weight is 486 g/mol. The number of nitrogens with one attached hydrogen (secondary N) is 2. The van der Waals surface area contributed by atoms with Crippen molar-refractivity contribution in [2.75, 3.05) is 27.3 Å². The molecule has 2 unspecified atom stereocenters. The summed E-state index contributed by atoms with van der Waals surface area (Å²) in [7, 11) is 2.97. The number of halogens is 3. The highest BCUT2D eigenvalue weighted by Gasteiger charge is 2.30. The van der Waals surface area contributed by atoms with Crippen LogP contribution in [-0.2, 0) is 0 Å². The minimum atomic E-state index is -3.20. The fourth-order valence-electron chi connectivity index (χ4n) is 4.56. The Hall–Kier alpha value is -3.53. The summed E-state index contributed by atoms with van der Waals surface area (Å²) in [4.78, 5) is 3.10. The molecule has 7 nitrogen and oxygen atoms in total. The number of hydrogen-bond acceptors (Lipinski definition) is 6. The van der Waals surface area contributed by atoms with Gasteiger partial charge in [0.25, 0.3) is 6.43 Å². The topological polar surface area (TPSA) is 85.2 Å². The number of benzene rings is 2. The summed E-state index contributed by atoms with van der Waals surface area (Å²) in [6.07, 6.45) is -3.74. The van der Waals surface area contributed by atoms with Crippen molar-refractivity contribution in [2.45, 2.75) is 31.4 Å². The van der Waals surface area contributed by atoms with E-state index in [1.807, 2.05) is 0 Å². The minimum Gasteiger partial charge on any atom is -0.493 e. The van der Waals surface area contributed by atoms with Crippen LogP contribution in [0, 0.1) is 0 Å². The van der Waals surface area contributed by atoms with Crippen LogP contribution >= 0.6 is 0 Å². The molecule has 5 rings (SSSR count). The predicted octanol–water partition coefficient (Wildman–Crippen LogP) is 5.64. The van der Waals surface area contributed by atoms with E-state index in [2.05, 4.69) is 20.5 Å². The molecular formula is C25H25F3N4O3. The van der Waals surface area contributed by atoms with Gasteiger partial charge < -0.3 is 24.2 Å². The molecule has 0 bridgehead atoms. The maximum atomic E-state index is 15.0. The number of nitrogens with zero attached hydrogens (tertiary/aromatic N) is 2. The normalized spacial score (nSPS) is 17.1. The average Bonchev–Trinajstić information content (AvgIpc) is 3.53. The quantitative estimate of drug-likeness (QED) is 0.351. The molecule has 2 N–H and O–H groups in total. The molecule has 3 heterocycles. The molecule has 1 fully saturated rings. The van der Waals surface area contributed by atoms with Gasteiger partial charge in [0.1, 0.15) is 0 Å². The molecule has 10 heteroatoms. The van der Waals surface area contributed by atoms with E-state index in [0.29, 0.717) is 39.4 Å². The second kappa shape index (κ2) is 9.61. The monoisotopic (exact) mass is 486 g/mol. The summed E-state index contributed by atoms with van der Waals surface area (Å²) in [6.45, 7) is 1.72. The maximum Gasteiger partial charge on any atom is 0.273 e. The maximum absolute atomic E-state index is 15.0. The molecule has 1 aliphatic rings. The van der Waals surface area contributed by atoms with E-state index in [0.717, 1.165) is 25.9 Å². The van der Waals surface area contributed by atoms with Gasteiger partial charge in [-0.3, -0.25) is 0 Å². The van der Waals surface area contributed by atoms with Crippen molar-refractivity contribution in [3.63, 3.8) is 0 Å². The van der Waals surface area contributed by atoms with E-state index >= 15 is 0 Å². The molecule has 0 radical (unpaired) electrons. The fourth-order valence-corrected chi connectivity index (χ4v) is 4.56. The molecule has 2 aromatic heterocycles. The van der Waals surface area contributed by atoms with Crippen molar-refractivity contribution in [3.05, 3.63) is 47.9 Å². The molecular weight excluding hydrogens is 461 g/mol. The smallest absolute Gasteiger partial charge is 0.273 e. The van der Waals surface area contributed by atoms with Crippen LogP contribution in [-0.4, -0.2) is 48.9 Å². The summed E-state index contributed by atoms with van der Waals surface area (Å²) in [5, 5.41) is 12.0. The zero-order valence-corrected chi connectivity index (χ0v) is 19.3. The van der Waals surface area contributed by atoms with Gasteiger partial charge in [0, 0.05) is 40.1 Å². The summed E-state index contributed by atoms with van der Waals surface area (Å²) >= 11 is 0. The van der Waals surface area contributed by atoms with Gasteiger partial charge in [0.2, 0.25) is 11.8 Å². The van der Waals surface area contributed by atoms with Crippen LogP contribution in [0.3, 0.4) is 0 Å². The second-order valence-corrected chi connectivity index (χ2v) is 8.47. The summed E-state index contributed by atoms with van der Waals surface area (Å²) in [6, 6.07) is 9.98. The van der Waals surface area contributed by atoms with Gasteiger partial charge in [0.15, 0.2) is 17.7 Å². The number of piperidine rings is 1. The lowest BCUT2D eigenvalue weighted by Crippen LogP contribution is -2.28. The summed E-state index contributed by atoms with van der Waals surface area (Å²) in [5.41, 5.74) is 1.63. The van der Waals surface area contributed by atoms with Gasteiger partial charge >= 0.3 is 0 Å². The third kappa shape index (κ3) is 4.34. The Bertz CT molecular complexity index is 1330. The summed E-state index contributed by atoms with van der Waals surface area (Å²) in [5.74, 6) is 1.80. The third-order valence-electron chi connectivity index (χ3n) is 6.34. The highest BCUT2D eigenvalue weighted by atomic mass is 19.3. The third-order valence-corrected chi connectivity index (χ3v) is 6.34. The van der Waals surface area contributed by atoms with Crippen molar-refractivity contribution in [2.24, 2.45) is 0 Å². The number of hydrogen-bond donors (Lipinski definition) is 2. The van der Waals surface area contributed by atoms with Gasteiger partial charge in [-0.15, -0.1) is 10.2 Å². The van der Waals surface area contributed by atoms with E-state index in [1.54, 1.807) is 36.4 Å². The van der Waals surface area contributed by atoms with Crippen molar-refractivity contribution < 1.29 is 27.1 Å². The van der Waals surface area contributed by atoms with Crippen LogP contribution in [0.15, 0.2) is 40.8 Å². The van der Waals surface area contributed by atoms with Crippen LogP contribution in [0.5, 0.6) is 11.5 Å². The van der Waals surface area contributed by atoms with Gasteiger partial charge in [-0.1, -0.05) is 0 Å². The Morgan fingerprint density at radius 1 is 1.00 bits per heavy atom. The Balaban J connectivity index is 1.60. The molecule has 1 aliphatic heterocycles. The molecule has 4 aromatic rings. The van der Waals surface area contributed by atoms with Crippen molar-refractivity contribution >= 4 is 10.9 Å². The number of aromatic amines is 1. The van der Waals surface area contributed by atoms with E-state index < -0.39 is 12.6 Å². The van der Waals surface area contributed by atoms with Gasteiger partial charge in [-0.2, -0.15) is 0 Å². The number of ether oxygens (including phenoxy) is 2. The molecule has 184 valence electrons. The number of rotatable bonds is 7. The molecule has 1 saturated heterocycles. The SMILES string of the molecule is COc1ccc(-c2[nH]c3ccc(-c4nnc(C5CCCNC5)o4)cc3c2C(F)C(F)F)cc1OC. The van der Waals surface area contributed by atoms with Gasteiger partial charge in [-0.25, -0.2) is 13.2 Å². The van der Waals surface area contributed by atoms with Crippen LogP contribution < -0.4 is 14.8 Å². The second-order valence-electron chi connectivity index (χ2n) is 8.47. The Labute approximate surface area is 199 Å². The first-order valence-electron chi connectivity index (χ1n) is 11.3. The minimum absolute atomic E-state index is 0.127. The zero-order chi connectivity index (χ0) is 24.5. The number of alkyl halides is 3. The standard InChI is InChI=1S/C25H25F3N4O3/c1-33-18-8-6-13(11-19(18)34-2)22-20(21(26)23(27)28)16-10-14(5-7-17(16)30-22)24-31-32-25(35-24)15-4-3-9-29-12-15/h5-8,10-11,15,21,23,29-30H,3-4,9,12H2,1-2H3. The van der Waals surface area contributed by atoms with E-state index in [-0.39, 0.29) is 23.1 Å². The first-order chi connectivity index (χ1) is 17.0. The lowest BCUT2D eigenvalue weighted by Gasteiger charge is -2.18. The predicted molar refractivity (Wildman–Crippen MR) is 125 cm³/mol. The Morgan fingerprint density at radius 2 is 1.80 bits per heavy atom. The Morgan fingerprint density at radius 3 is 2.51 bits per heavy atom. The van der Waals surface area contributed by atoms with Crippen LogP contribution in [0.25, 0.3) is 33.6 Å². The molecule has 0 spiro atoms. The number of methoxy groups -OCH3 is 2. The highest BCUT2D eigenvalue weighted by molar-refractivity contribution is 5.94. The first kappa shape index (κ1) is 23.2. The fraction of sp³-hybridized carbons (Fsp3) is 0.360. The molecule has 0 amide bonds.